The van der Waals surface area contributed by atoms with Crippen molar-refractivity contribution >= 4 is 15.9 Å². The Kier molecular flexibility index (Phi) is 7.25. The van der Waals surface area contributed by atoms with Crippen molar-refractivity contribution in [3.05, 3.63) is 107 Å². The van der Waals surface area contributed by atoms with E-state index in [0.717, 1.165) is 34.1 Å². The number of aryl methyl sites for hydroxylation is 2. The summed E-state index contributed by atoms with van der Waals surface area (Å²) in [6.45, 7) is 3.87. The Hall–Kier alpha value is -2.96. The van der Waals surface area contributed by atoms with Crippen molar-refractivity contribution in [2.45, 2.75) is 26.4 Å². The molecule has 0 unspecified atom stereocenters. The maximum absolute atomic E-state index is 13.0. The smallest absolute Gasteiger partial charge is 0.236 e. The molecule has 3 rings (SSSR count). The Morgan fingerprint density at radius 2 is 1.52 bits per heavy atom. The SMILES string of the molecule is Cc1ccc(CN(CC(=O)N[C@H](c2ccccc2)c2ccccc2C)S(C)(=O)=O)cc1. The first-order chi connectivity index (χ1) is 14.7. The van der Waals surface area contributed by atoms with Crippen LogP contribution in [0.5, 0.6) is 0 Å². The predicted octanol–water partition coefficient (Wildman–Crippen LogP) is 3.97. The Bertz CT molecular complexity index is 1130. The van der Waals surface area contributed by atoms with E-state index in [-0.39, 0.29) is 25.0 Å². The van der Waals surface area contributed by atoms with E-state index in [1.54, 1.807) is 0 Å². The summed E-state index contributed by atoms with van der Waals surface area (Å²) in [6, 6.07) is 24.8. The lowest BCUT2D eigenvalue weighted by Crippen LogP contribution is -2.41. The number of carbonyl (C=O) groups is 1. The van der Waals surface area contributed by atoms with E-state index >= 15 is 0 Å². The fourth-order valence-corrected chi connectivity index (χ4v) is 4.19. The van der Waals surface area contributed by atoms with Crippen LogP contribution in [0.4, 0.5) is 0 Å². The number of hydrogen-bond acceptors (Lipinski definition) is 3. The third-order valence-corrected chi connectivity index (χ3v) is 6.40. The van der Waals surface area contributed by atoms with Crippen LogP contribution < -0.4 is 5.32 Å². The van der Waals surface area contributed by atoms with Crippen LogP contribution >= 0.6 is 0 Å². The lowest BCUT2D eigenvalue weighted by atomic mass is 9.95. The highest BCUT2D eigenvalue weighted by Crippen LogP contribution is 2.25. The molecule has 0 aliphatic rings. The summed E-state index contributed by atoms with van der Waals surface area (Å²) in [7, 11) is -3.57. The third-order valence-electron chi connectivity index (χ3n) is 5.21. The van der Waals surface area contributed by atoms with Gasteiger partial charge in [0.2, 0.25) is 15.9 Å². The number of amides is 1. The molecule has 0 bridgehead atoms. The molecule has 0 spiro atoms. The average Bonchev–Trinajstić information content (AvgIpc) is 2.74. The topological polar surface area (TPSA) is 66.5 Å². The molecule has 3 aromatic rings. The van der Waals surface area contributed by atoms with Gasteiger partial charge < -0.3 is 5.32 Å². The van der Waals surface area contributed by atoms with Gasteiger partial charge in [-0.15, -0.1) is 0 Å². The minimum absolute atomic E-state index is 0.146. The molecule has 0 heterocycles. The number of rotatable bonds is 8. The highest BCUT2D eigenvalue weighted by molar-refractivity contribution is 7.88. The van der Waals surface area contributed by atoms with Crippen molar-refractivity contribution in [3.63, 3.8) is 0 Å². The zero-order chi connectivity index (χ0) is 22.4. The van der Waals surface area contributed by atoms with Gasteiger partial charge in [0.15, 0.2) is 0 Å². The Morgan fingerprint density at radius 1 is 0.903 bits per heavy atom. The summed E-state index contributed by atoms with van der Waals surface area (Å²) in [5.74, 6) is -0.352. The first kappa shape index (κ1) is 22.7. The minimum Gasteiger partial charge on any atom is -0.344 e. The van der Waals surface area contributed by atoms with Crippen LogP contribution in [-0.2, 0) is 21.4 Å². The van der Waals surface area contributed by atoms with E-state index in [2.05, 4.69) is 5.32 Å². The first-order valence-corrected chi connectivity index (χ1v) is 12.0. The number of nitrogens with one attached hydrogen (secondary N) is 1. The third kappa shape index (κ3) is 6.26. The van der Waals surface area contributed by atoms with Gasteiger partial charge in [0.1, 0.15) is 0 Å². The molecule has 0 fully saturated rings. The monoisotopic (exact) mass is 436 g/mol. The van der Waals surface area contributed by atoms with Crippen molar-refractivity contribution in [3.8, 4) is 0 Å². The summed E-state index contributed by atoms with van der Waals surface area (Å²) in [5, 5.41) is 3.04. The number of benzene rings is 3. The van der Waals surface area contributed by atoms with Gasteiger partial charge in [0.25, 0.3) is 0 Å². The number of nitrogens with zero attached hydrogens (tertiary/aromatic N) is 1. The molecule has 1 atom stereocenters. The number of hydrogen-bond donors (Lipinski definition) is 1. The van der Waals surface area contributed by atoms with E-state index in [0.29, 0.717) is 0 Å². The molecule has 1 N–H and O–H groups in total. The summed E-state index contributed by atoms with van der Waals surface area (Å²) >= 11 is 0. The van der Waals surface area contributed by atoms with Crippen LogP contribution in [0.2, 0.25) is 0 Å². The van der Waals surface area contributed by atoms with Gasteiger partial charge in [-0.1, -0.05) is 84.4 Å². The summed E-state index contributed by atoms with van der Waals surface area (Å²) in [5.41, 5.74) is 4.90. The van der Waals surface area contributed by atoms with E-state index in [1.807, 2.05) is 92.7 Å². The Balaban J connectivity index is 1.83. The van der Waals surface area contributed by atoms with E-state index < -0.39 is 10.0 Å². The summed E-state index contributed by atoms with van der Waals surface area (Å²) in [4.78, 5) is 13.0. The van der Waals surface area contributed by atoms with Gasteiger partial charge >= 0.3 is 0 Å². The van der Waals surface area contributed by atoms with Crippen LogP contribution in [0.1, 0.15) is 33.9 Å². The molecule has 0 radical (unpaired) electrons. The minimum atomic E-state index is -3.57. The molecule has 31 heavy (non-hydrogen) atoms. The number of carbonyl (C=O) groups excluding carboxylic acids is 1. The van der Waals surface area contributed by atoms with Gasteiger partial charge in [-0.3, -0.25) is 4.79 Å². The van der Waals surface area contributed by atoms with Gasteiger partial charge in [-0.25, -0.2) is 8.42 Å². The van der Waals surface area contributed by atoms with Crippen molar-refractivity contribution < 1.29 is 13.2 Å². The van der Waals surface area contributed by atoms with Gasteiger partial charge in [-0.2, -0.15) is 4.31 Å². The lowest BCUT2D eigenvalue weighted by molar-refractivity contribution is -0.121. The van der Waals surface area contributed by atoms with Crippen LogP contribution in [0, 0.1) is 13.8 Å². The molecule has 6 heteroatoms. The van der Waals surface area contributed by atoms with Gasteiger partial charge in [-0.05, 0) is 36.1 Å². The molecule has 1 amide bonds. The average molecular weight is 437 g/mol. The van der Waals surface area contributed by atoms with Gasteiger partial charge in [0, 0.05) is 6.54 Å². The van der Waals surface area contributed by atoms with Gasteiger partial charge in [0.05, 0.1) is 18.8 Å². The van der Waals surface area contributed by atoms with Crippen molar-refractivity contribution in [2.24, 2.45) is 0 Å². The summed E-state index contributed by atoms with van der Waals surface area (Å²) < 4.78 is 25.9. The molecule has 162 valence electrons. The molecule has 0 aliphatic carbocycles. The highest BCUT2D eigenvalue weighted by Gasteiger charge is 2.24. The fourth-order valence-electron chi connectivity index (χ4n) is 3.45. The zero-order valence-electron chi connectivity index (χ0n) is 18.1. The Labute approximate surface area is 184 Å². The Morgan fingerprint density at radius 3 is 2.13 bits per heavy atom. The number of sulfonamides is 1. The standard InChI is InChI=1S/C25H28N2O3S/c1-19-13-15-21(16-14-19)17-27(31(3,29)30)18-24(28)26-25(22-10-5-4-6-11-22)23-12-8-7-9-20(23)2/h4-16,25H,17-18H2,1-3H3,(H,26,28)/t25-/m1/s1. The predicted molar refractivity (Wildman–Crippen MR) is 124 cm³/mol. The first-order valence-electron chi connectivity index (χ1n) is 10.1. The largest absolute Gasteiger partial charge is 0.344 e. The molecule has 3 aromatic carbocycles. The molecule has 0 aliphatic heterocycles. The molecule has 0 saturated carbocycles. The van der Waals surface area contributed by atoms with Crippen LogP contribution in [0.15, 0.2) is 78.9 Å². The van der Waals surface area contributed by atoms with E-state index in [4.69, 9.17) is 0 Å². The van der Waals surface area contributed by atoms with E-state index in [9.17, 15) is 13.2 Å². The molecule has 5 nitrogen and oxygen atoms in total. The zero-order valence-corrected chi connectivity index (χ0v) is 18.9. The quantitative estimate of drug-likeness (QED) is 0.581. The second kappa shape index (κ2) is 9.90. The second-order valence-electron chi connectivity index (χ2n) is 7.78. The van der Waals surface area contributed by atoms with Crippen molar-refractivity contribution in [1.82, 2.24) is 9.62 Å². The van der Waals surface area contributed by atoms with E-state index in [1.165, 1.54) is 4.31 Å². The maximum atomic E-state index is 13.0. The normalized spacial score (nSPS) is 12.5. The lowest BCUT2D eigenvalue weighted by Gasteiger charge is -2.24. The van der Waals surface area contributed by atoms with Crippen molar-refractivity contribution in [2.75, 3.05) is 12.8 Å². The summed E-state index contributed by atoms with van der Waals surface area (Å²) in [6.07, 6.45) is 1.13. The van der Waals surface area contributed by atoms with Crippen LogP contribution in [-0.4, -0.2) is 31.4 Å². The highest BCUT2D eigenvalue weighted by atomic mass is 32.2. The van der Waals surface area contributed by atoms with Crippen LogP contribution in [0.25, 0.3) is 0 Å². The molecule has 0 saturated heterocycles. The maximum Gasteiger partial charge on any atom is 0.236 e. The molecular formula is C25H28N2O3S. The second-order valence-corrected chi connectivity index (χ2v) is 9.77. The molecular weight excluding hydrogens is 408 g/mol. The van der Waals surface area contributed by atoms with Crippen LogP contribution in [0.3, 0.4) is 0 Å². The van der Waals surface area contributed by atoms with Crippen molar-refractivity contribution in [1.29, 1.82) is 0 Å². The fraction of sp³-hybridized carbons (Fsp3) is 0.240. The molecule has 0 aromatic heterocycles.